The van der Waals surface area contributed by atoms with Gasteiger partial charge in [-0.15, -0.1) is 0 Å². The van der Waals surface area contributed by atoms with Gasteiger partial charge in [-0.25, -0.2) is 9.18 Å². The summed E-state index contributed by atoms with van der Waals surface area (Å²) in [5.74, 6) is -1.64. The summed E-state index contributed by atoms with van der Waals surface area (Å²) in [6, 6.07) is 7.58. The van der Waals surface area contributed by atoms with Crippen molar-refractivity contribution in [2.45, 2.75) is 0 Å². The van der Waals surface area contributed by atoms with E-state index in [0.717, 1.165) is 18.2 Å². The van der Waals surface area contributed by atoms with E-state index in [1.165, 1.54) is 24.3 Å². The van der Waals surface area contributed by atoms with Crippen LogP contribution in [0.1, 0.15) is 0 Å². The van der Waals surface area contributed by atoms with Crippen LogP contribution in [0.5, 0.6) is 0 Å². The molecule has 0 aliphatic rings. The van der Waals surface area contributed by atoms with E-state index in [4.69, 9.17) is 0 Å². The molecule has 0 spiro atoms. The standard InChI is InChI=1S/C13H9F2N3O3/c14-9-3-1-2-4-11(9)17-13(19)16-8-5-6-10(15)12(7-8)18(20)21/h1-7H,(H2,16,17,19). The summed E-state index contributed by atoms with van der Waals surface area (Å²) in [7, 11) is 0. The lowest BCUT2D eigenvalue weighted by Gasteiger charge is -2.08. The first-order chi connectivity index (χ1) is 9.97. The minimum absolute atomic E-state index is 0.0111. The summed E-state index contributed by atoms with van der Waals surface area (Å²) >= 11 is 0. The Kier molecular flexibility index (Phi) is 4.07. The van der Waals surface area contributed by atoms with Crippen LogP contribution in [0.25, 0.3) is 0 Å². The number of para-hydroxylation sites is 1. The Balaban J connectivity index is 2.12. The van der Waals surface area contributed by atoms with Crippen LogP contribution in [-0.2, 0) is 0 Å². The molecule has 2 amide bonds. The Morgan fingerprint density at radius 1 is 1.05 bits per heavy atom. The predicted molar refractivity (Wildman–Crippen MR) is 72.1 cm³/mol. The normalized spacial score (nSPS) is 10.0. The Labute approximate surface area is 117 Å². The van der Waals surface area contributed by atoms with Crippen molar-refractivity contribution < 1.29 is 18.5 Å². The van der Waals surface area contributed by atoms with Gasteiger partial charge in [0.25, 0.3) is 0 Å². The van der Waals surface area contributed by atoms with Crippen LogP contribution in [0.15, 0.2) is 42.5 Å². The summed E-state index contributed by atoms with van der Waals surface area (Å²) < 4.78 is 26.5. The molecule has 2 rings (SSSR count). The number of nitro benzene ring substituents is 1. The van der Waals surface area contributed by atoms with Crippen molar-refractivity contribution in [1.82, 2.24) is 0 Å². The van der Waals surface area contributed by atoms with Gasteiger partial charge in [-0.1, -0.05) is 12.1 Å². The van der Waals surface area contributed by atoms with Gasteiger partial charge >= 0.3 is 11.7 Å². The van der Waals surface area contributed by atoms with Gasteiger partial charge < -0.3 is 10.6 Å². The summed E-state index contributed by atoms with van der Waals surface area (Å²) in [6.07, 6.45) is 0. The lowest BCUT2D eigenvalue weighted by atomic mass is 10.2. The number of amides is 2. The van der Waals surface area contributed by atoms with Crippen molar-refractivity contribution in [2.24, 2.45) is 0 Å². The highest BCUT2D eigenvalue weighted by Gasteiger charge is 2.15. The highest BCUT2D eigenvalue weighted by Crippen LogP contribution is 2.22. The molecular weight excluding hydrogens is 284 g/mol. The first-order valence-electron chi connectivity index (χ1n) is 5.74. The van der Waals surface area contributed by atoms with E-state index < -0.39 is 28.3 Å². The van der Waals surface area contributed by atoms with Crippen molar-refractivity contribution in [3.8, 4) is 0 Å². The molecule has 108 valence electrons. The molecule has 0 saturated carbocycles. The second-order valence-electron chi connectivity index (χ2n) is 3.98. The zero-order chi connectivity index (χ0) is 15.4. The molecule has 0 saturated heterocycles. The highest BCUT2D eigenvalue weighted by molar-refractivity contribution is 5.99. The fourth-order valence-electron chi connectivity index (χ4n) is 1.58. The van der Waals surface area contributed by atoms with Crippen LogP contribution in [-0.4, -0.2) is 11.0 Å². The van der Waals surface area contributed by atoms with Crippen LogP contribution in [0.2, 0.25) is 0 Å². The molecule has 0 aliphatic heterocycles. The second kappa shape index (κ2) is 5.95. The third kappa shape index (κ3) is 3.50. The summed E-state index contributed by atoms with van der Waals surface area (Å²) in [4.78, 5) is 21.3. The molecular formula is C13H9F2N3O3. The van der Waals surface area contributed by atoms with Gasteiger partial charge in [-0.05, 0) is 24.3 Å². The maximum Gasteiger partial charge on any atom is 0.323 e. The number of carbonyl (C=O) groups excluding carboxylic acids is 1. The fourth-order valence-corrected chi connectivity index (χ4v) is 1.58. The van der Waals surface area contributed by atoms with Crippen LogP contribution in [0.3, 0.4) is 0 Å². The van der Waals surface area contributed by atoms with Gasteiger partial charge in [-0.2, -0.15) is 4.39 Å². The summed E-state index contributed by atoms with van der Waals surface area (Å²) in [5.41, 5.74) is -0.803. The summed E-state index contributed by atoms with van der Waals surface area (Å²) in [6.45, 7) is 0. The quantitative estimate of drug-likeness (QED) is 0.670. The zero-order valence-electron chi connectivity index (χ0n) is 10.5. The van der Waals surface area contributed by atoms with Crippen molar-refractivity contribution in [3.05, 3.63) is 64.2 Å². The second-order valence-corrected chi connectivity index (χ2v) is 3.98. The van der Waals surface area contributed by atoms with E-state index in [1.54, 1.807) is 0 Å². The van der Waals surface area contributed by atoms with E-state index in [0.29, 0.717) is 0 Å². The van der Waals surface area contributed by atoms with Crippen molar-refractivity contribution in [1.29, 1.82) is 0 Å². The number of nitrogens with one attached hydrogen (secondary N) is 2. The van der Waals surface area contributed by atoms with Gasteiger partial charge in [0.05, 0.1) is 10.6 Å². The van der Waals surface area contributed by atoms with Gasteiger partial charge in [0, 0.05) is 11.8 Å². The maximum atomic E-state index is 13.3. The predicted octanol–water partition coefficient (Wildman–Crippen LogP) is 3.52. The maximum absolute atomic E-state index is 13.3. The van der Waals surface area contributed by atoms with E-state index in [9.17, 15) is 23.7 Å². The molecule has 2 N–H and O–H groups in total. The first kappa shape index (κ1) is 14.4. The Morgan fingerprint density at radius 3 is 2.43 bits per heavy atom. The zero-order valence-corrected chi connectivity index (χ0v) is 10.5. The van der Waals surface area contributed by atoms with Gasteiger partial charge in [-0.3, -0.25) is 10.1 Å². The molecule has 8 heteroatoms. The number of hydrogen-bond acceptors (Lipinski definition) is 3. The Hall–Kier alpha value is -3.03. The van der Waals surface area contributed by atoms with E-state index in [1.807, 2.05) is 0 Å². The molecule has 2 aromatic rings. The molecule has 2 aromatic carbocycles. The number of rotatable bonds is 3. The lowest BCUT2D eigenvalue weighted by Crippen LogP contribution is -2.20. The number of hydrogen-bond donors (Lipinski definition) is 2. The van der Waals surface area contributed by atoms with Crippen molar-refractivity contribution >= 4 is 23.1 Å². The van der Waals surface area contributed by atoms with E-state index in [2.05, 4.69) is 10.6 Å². The molecule has 0 atom stereocenters. The fraction of sp³-hybridized carbons (Fsp3) is 0. The number of nitrogens with zero attached hydrogens (tertiary/aromatic N) is 1. The van der Waals surface area contributed by atoms with Crippen LogP contribution < -0.4 is 10.6 Å². The molecule has 0 bridgehead atoms. The molecule has 0 radical (unpaired) electrons. The number of urea groups is 1. The van der Waals surface area contributed by atoms with Gasteiger partial charge in [0.2, 0.25) is 5.82 Å². The minimum Gasteiger partial charge on any atom is -0.307 e. The average molecular weight is 293 g/mol. The SMILES string of the molecule is O=C(Nc1ccc(F)c([N+](=O)[O-])c1)Nc1ccccc1F. The van der Waals surface area contributed by atoms with Crippen LogP contribution >= 0.6 is 0 Å². The number of halogens is 2. The molecule has 0 aromatic heterocycles. The minimum atomic E-state index is -1.01. The highest BCUT2D eigenvalue weighted by atomic mass is 19.1. The van der Waals surface area contributed by atoms with Crippen molar-refractivity contribution in [2.75, 3.05) is 10.6 Å². The monoisotopic (exact) mass is 293 g/mol. The third-order valence-corrected chi connectivity index (χ3v) is 2.52. The topological polar surface area (TPSA) is 84.3 Å². The number of carbonyl (C=O) groups is 1. The number of benzene rings is 2. The van der Waals surface area contributed by atoms with Crippen molar-refractivity contribution in [3.63, 3.8) is 0 Å². The van der Waals surface area contributed by atoms with Crippen LogP contribution in [0.4, 0.5) is 30.6 Å². The molecule has 0 aliphatic carbocycles. The van der Waals surface area contributed by atoms with Crippen LogP contribution in [0, 0.1) is 21.7 Å². The van der Waals surface area contributed by atoms with E-state index in [-0.39, 0.29) is 11.4 Å². The largest absolute Gasteiger partial charge is 0.323 e. The smallest absolute Gasteiger partial charge is 0.307 e. The van der Waals surface area contributed by atoms with Gasteiger partial charge in [0.1, 0.15) is 5.82 Å². The molecule has 21 heavy (non-hydrogen) atoms. The Bertz CT molecular complexity index is 707. The van der Waals surface area contributed by atoms with Gasteiger partial charge in [0.15, 0.2) is 0 Å². The molecule has 0 unspecified atom stereocenters. The molecule has 0 fully saturated rings. The third-order valence-electron chi connectivity index (χ3n) is 2.52. The average Bonchev–Trinajstić information content (AvgIpc) is 2.43. The molecule has 0 heterocycles. The number of anilines is 2. The summed E-state index contributed by atoms with van der Waals surface area (Å²) in [5, 5.41) is 15.1. The lowest BCUT2D eigenvalue weighted by molar-refractivity contribution is -0.387. The Morgan fingerprint density at radius 2 is 1.76 bits per heavy atom. The van der Waals surface area contributed by atoms with E-state index >= 15 is 0 Å². The number of nitro groups is 1. The first-order valence-corrected chi connectivity index (χ1v) is 5.74. The molecule has 6 nitrogen and oxygen atoms in total.